The van der Waals surface area contributed by atoms with Gasteiger partial charge in [-0.3, -0.25) is 4.99 Å². The summed E-state index contributed by atoms with van der Waals surface area (Å²) in [4.78, 5) is 3.74. The van der Waals surface area contributed by atoms with Crippen LogP contribution in [0.2, 0.25) is 0 Å². The molecule has 8 heavy (non-hydrogen) atoms. The second-order valence-electron chi connectivity index (χ2n) is 1.41. The summed E-state index contributed by atoms with van der Waals surface area (Å²) in [5, 5.41) is 0. The molecule has 44 valence electrons. The van der Waals surface area contributed by atoms with E-state index in [1.807, 2.05) is 13.0 Å². The summed E-state index contributed by atoms with van der Waals surface area (Å²) >= 11 is 0. The molecule has 0 spiro atoms. The van der Waals surface area contributed by atoms with Crippen molar-refractivity contribution < 1.29 is 0 Å². The maximum Gasteiger partial charge on any atom is 0.0393 e. The van der Waals surface area contributed by atoms with E-state index in [1.54, 1.807) is 6.08 Å². The highest BCUT2D eigenvalue weighted by atomic mass is 14.7. The Bertz CT molecular complexity index is 112. The van der Waals surface area contributed by atoms with Crippen molar-refractivity contribution in [3.8, 4) is 0 Å². The van der Waals surface area contributed by atoms with E-state index in [9.17, 15) is 0 Å². The van der Waals surface area contributed by atoms with Gasteiger partial charge in [-0.05, 0) is 19.2 Å². The molecule has 0 aromatic heterocycles. The first-order valence-electron chi connectivity index (χ1n) is 2.63. The number of allylic oxidation sites excluding steroid dienone is 3. The molecule has 0 rings (SSSR count). The molecule has 0 heterocycles. The first kappa shape index (κ1) is 7.15. The van der Waals surface area contributed by atoms with Crippen LogP contribution in [-0.4, -0.2) is 6.72 Å². The van der Waals surface area contributed by atoms with Crippen LogP contribution in [0.5, 0.6) is 0 Å². The Hall–Kier alpha value is -0.850. The van der Waals surface area contributed by atoms with E-state index in [0.717, 1.165) is 12.1 Å². The monoisotopic (exact) mass is 109 g/mol. The van der Waals surface area contributed by atoms with Crippen LogP contribution in [0.25, 0.3) is 0 Å². The van der Waals surface area contributed by atoms with Crippen LogP contribution in [0.15, 0.2) is 29.4 Å². The molecule has 0 fully saturated rings. The summed E-state index contributed by atoms with van der Waals surface area (Å²) < 4.78 is 0. The van der Waals surface area contributed by atoms with Crippen LogP contribution in [0.3, 0.4) is 0 Å². The van der Waals surface area contributed by atoms with Gasteiger partial charge < -0.3 is 0 Å². The first-order valence-corrected chi connectivity index (χ1v) is 2.63. The molecule has 0 unspecified atom stereocenters. The highest BCUT2D eigenvalue weighted by Gasteiger charge is 1.80. The van der Waals surface area contributed by atoms with Crippen molar-refractivity contribution in [1.29, 1.82) is 0 Å². The molecule has 0 atom stereocenters. The van der Waals surface area contributed by atoms with Crippen molar-refractivity contribution in [3.63, 3.8) is 0 Å². The topological polar surface area (TPSA) is 12.4 Å². The van der Waals surface area contributed by atoms with E-state index in [1.165, 1.54) is 0 Å². The molecule has 0 aliphatic rings. The molecular weight excluding hydrogens is 98.1 g/mol. The second-order valence-corrected chi connectivity index (χ2v) is 1.41. The van der Waals surface area contributed by atoms with Gasteiger partial charge in [-0.25, -0.2) is 0 Å². The fraction of sp³-hybridized carbons (Fsp3) is 0.286. The molecule has 0 N–H and O–H groups in total. The van der Waals surface area contributed by atoms with Gasteiger partial charge >= 0.3 is 0 Å². The summed E-state index contributed by atoms with van der Waals surface area (Å²) in [6.07, 6.45) is 4.50. The number of hydrogen-bond donors (Lipinski definition) is 0. The zero-order chi connectivity index (χ0) is 6.41. The van der Waals surface area contributed by atoms with Crippen molar-refractivity contribution >= 4 is 6.72 Å². The molecule has 0 saturated carbocycles. The SMILES string of the molecule is C=C/C=C(\CC)N=C. The lowest BCUT2D eigenvalue weighted by molar-refractivity contribution is 1.08. The molecular formula is C7H11N. The third-order valence-electron chi connectivity index (χ3n) is 0.876. The van der Waals surface area contributed by atoms with E-state index in [4.69, 9.17) is 0 Å². The summed E-state index contributed by atoms with van der Waals surface area (Å²) in [7, 11) is 0. The van der Waals surface area contributed by atoms with Gasteiger partial charge in [-0.1, -0.05) is 19.6 Å². The quantitative estimate of drug-likeness (QED) is 0.389. The van der Waals surface area contributed by atoms with Crippen LogP contribution >= 0.6 is 0 Å². The van der Waals surface area contributed by atoms with Gasteiger partial charge in [0.1, 0.15) is 0 Å². The number of hydrogen-bond acceptors (Lipinski definition) is 1. The molecule has 1 heteroatoms. The Morgan fingerprint density at radius 3 is 2.50 bits per heavy atom. The normalized spacial score (nSPS) is 10.9. The average Bonchev–Trinajstić information content (AvgIpc) is 1.83. The maximum absolute atomic E-state index is 3.74. The number of aliphatic imine (C=N–C) groups is 1. The molecule has 0 radical (unpaired) electrons. The van der Waals surface area contributed by atoms with E-state index in [0.29, 0.717) is 0 Å². The smallest absolute Gasteiger partial charge is 0.0393 e. The van der Waals surface area contributed by atoms with Gasteiger partial charge in [0.25, 0.3) is 0 Å². The van der Waals surface area contributed by atoms with Crippen molar-refractivity contribution in [1.82, 2.24) is 0 Å². The van der Waals surface area contributed by atoms with E-state index < -0.39 is 0 Å². The lowest BCUT2D eigenvalue weighted by Crippen LogP contribution is -1.69. The Kier molecular flexibility index (Phi) is 3.85. The molecule has 0 bridgehead atoms. The predicted octanol–water partition coefficient (Wildman–Crippen LogP) is 2.17. The van der Waals surface area contributed by atoms with Gasteiger partial charge in [0, 0.05) is 5.70 Å². The molecule has 0 amide bonds. The Balaban J connectivity index is 3.84. The zero-order valence-corrected chi connectivity index (χ0v) is 5.22. The zero-order valence-electron chi connectivity index (χ0n) is 5.22. The molecule has 0 aromatic carbocycles. The standard InChI is InChI=1S/C7H11N/c1-4-6-7(5-2)8-3/h4,6H,1,3,5H2,2H3/b7-6+. The van der Waals surface area contributed by atoms with E-state index in [2.05, 4.69) is 18.3 Å². The summed E-state index contributed by atoms with van der Waals surface area (Å²) in [6, 6.07) is 0. The van der Waals surface area contributed by atoms with Crippen molar-refractivity contribution in [3.05, 3.63) is 24.4 Å². The summed E-state index contributed by atoms with van der Waals surface area (Å²) in [5.74, 6) is 0. The third kappa shape index (κ3) is 2.35. The second kappa shape index (κ2) is 4.31. The molecule has 0 saturated heterocycles. The number of nitrogens with zero attached hydrogens (tertiary/aromatic N) is 1. The van der Waals surface area contributed by atoms with E-state index >= 15 is 0 Å². The molecule has 1 nitrogen and oxygen atoms in total. The van der Waals surface area contributed by atoms with Crippen LogP contribution < -0.4 is 0 Å². The van der Waals surface area contributed by atoms with Gasteiger partial charge in [-0.15, -0.1) is 0 Å². The Labute approximate surface area is 50.4 Å². The predicted molar refractivity (Wildman–Crippen MR) is 38.1 cm³/mol. The van der Waals surface area contributed by atoms with E-state index in [-0.39, 0.29) is 0 Å². The minimum absolute atomic E-state index is 0.926. The summed E-state index contributed by atoms with van der Waals surface area (Å²) in [6.45, 7) is 8.95. The van der Waals surface area contributed by atoms with Crippen molar-refractivity contribution in [2.45, 2.75) is 13.3 Å². The lowest BCUT2D eigenvalue weighted by Gasteiger charge is -1.88. The fourth-order valence-corrected chi connectivity index (χ4v) is 0.418. The van der Waals surface area contributed by atoms with Gasteiger partial charge in [0.2, 0.25) is 0 Å². The van der Waals surface area contributed by atoms with Gasteiger partial charge in [0.15, 0.2) is 0 Å². The van der Waals surface area contributed by atoms with Crippen LogP contribution in [0, 0.1) is 0 Å². The highest BCUT2D eigenvalue weighted by Crippen LogP contribution is 1.99. The molecule has 0 aromatic rings. The van der Waals surface area contributed by atoms with Crippen LogP contribution in [0.4, 0.5) is 0 Å². The van der Waals surface area contributed by atoms with Crippen LogP contribution in [-0.2, 0) is 0 Å². The maximum atomic E-state index is 3.74. The average molecular weight is 109 g/mol. The third-order valence-corrected chi connectivity index (χ3v) is 0.876. The fourth-order valence-electron chi connectivity index (χ4n) is 0.418. The Morgan fingerprint density at radius 2 is 2.38 bits per heavy atom. The van der Waals surface area contributed by atoms with Gasteiger partial charge in [0.05, 0.1) is 0 Å². The van der Waals surface area contributed by atoms with Crippen molar-refractivity contribution in [2.24, 2.45) is 4.99 Å². The lowest BCUT2D eigenvalue weighted by atomic mass is 10.3. The molecule has 0 aliphatic heterocycles. The minimum Gasteiger partial charge on any atom is -0.269 e. The number of rotatable bonds is 3. The highest BCUT2D eigenvalue weighted by molar-refractivity contribution is 5.29. The summed E-state index contributed by atoms with van der Waals surface area (Å²) in [5.41, 5.74) is 0.986. The van der Waals surface area contributed by atoms with Gasteiger partial charge in [-0.2, -0.15) is 0 Å². The van der Waals surface area contributed by atoms with Crippen molar-refractivity contribution in [2.75, 3.05) is 0 Å². The molecule has 0 aliphatic carbocycles. The Morgan fingerprint density at radius 1 is 1.75 bits per heavy atom. The van der Waals surface area contributed by atoms with Crippen LogP contribution in [0.1, 0.15) is 13.3 Å². The largest absolute Gasteiger partial charge is 0.269 e. The minimum atomic E-state index is 0.926. The first-order chi connectivity index (χ1) is 3.85.